The first-order chi connectivity index (χ1) is 15.2. The van der Waals surface area contributed by atoms with E-state index in [-0.39, 0.29) is 56.8 Å². The molecule has 1 saturated carbocycles. The van der Waals surface area contributed by atoms with Gasteiger partial charge in [-0.2, -0.15) is 0 Å². The Morgan fingerprint density at radius 1 is 1.09 bits per heavy atom. The van der Waals surface area contributed by atoms with E-state index in [4.69, 9.17) is 16.3 Å². The number of halogens is 1. The number of anilines is 2. The second kappa shape index (κ2) is 7.35. The fourth-order valence-corrected chi connectivity index (χ4v) is 6.89. The molecule has 1 saturated heterocycles. The van der Waals surface area contributed by atoms with Crippen molar-refractivity contribution in [1.82, 2.24) is 0 Å². The molecule has 1 aliphatic heterocycles. The summed E-state index contributed by atoms with van der Waals surface area (Å²) in [5.41, 5.74) is 1.60. The van der Waals surface area contributed by atoms with Crippen molar-refractivity contribution in [1.29, 1.82) is 0 Å². The summed E-state index contributed by atoms with van der Waals surface area (Å²) in [7, 11) is -2.69. The number of sulfonamides is 1. The van der Waals surface area contributed by atoms with Crippen LogP contribution in [0.2, 0.25) is 5.02 Å². The number of imide groups is 1. The number of benzene rings is 2. The summed E-state index contributed by atoms with van der Waals surface area (Å²) >= 11 is 6.22. The van der Waals surface area contributed by atoms with Crippen LogP contribution in [0.4, 0.5) is 11.4 Å². The van der Waals surface area contributed by atoms with Gasteiger partial charge in [-0.25, -0.2) is 13.3 Å². The molecule has 7 nitrogen and oxygen atoms in total. The van der Waals surface area contributed by atoms with Gasteiger partial charge in [-0.05, 0) is 55.5 Å². The van der Waals surface area contributed by atoms with Crippen LogP contribution in [-0.4, -0.2) is 27.3 Å². The standard InChI is InChI=1S/C23H21ClN2O5S/c1-12-9-13-10-15(12)21-20(13)22(27)26(23(21)28)14-7-8-16(24)19(11-14)32(29,30)25-17-5-3-4-6-18(17)31-2/h3-9,11,13,15,20-21,25H,10H2,1-2H3/t13-,15+,20+,21-/m0/s1. The number of amides is 2. The molecule has 0 radical (unpaired) electrons. The molecule has 0 unspecified atom stereocenters. The van der Waals surface area contributed by atoms with Gasteiger partial charge in [0, 0.05) is 0 Å². The van der Waals surface area contributed by atoms with Crippen LogP contribution in [-0.2, 0) is 19.6 Å². The normalized spacial score (nSPS) is 26.3. The smallest absolute Gasteiger partial charge is 0.263 e. The number of hydrogen-bond acceptors (Lipinski definition) is 5. The van der Waals surface area contributed by atoms with Crippen molar-refractivity contribution in [3.05, 3.63) is 59.1 Å². The van der Waals surface area contributed by atoms with Gasteiger partial charge in [-0.3, -0.25) is 14.3 Å². The molecule has 1 N–H and O–H groups in total. The van der Waals surface area contributed by atoms with Gasteiger partial charge in [0.15, 0.2) is 0 Å². The predicted octanol–water partition coefficient (Wildman–Crippen LogP) is 3.85. The predicted molar refractivity (Wildman–Crippen MR) is 120 cm³/mol. The SMILES string of the molecule is COc1ccccc1NS(=O)(=O)c1cc(N2C(=O)[C@@H]3[C@H](C2=O)[C@H]2C=C(C)[C@H]3C2)ccc1Cl. The topological polar surface area (TPSA) is 92.8 Å². The Hall–Kier alpha value is -2.84. The minimum Gasteiger partial charge on any atom is -0.495 e. The van der Waals surface area contributed by atoms with Crippen LogP contribution < -0.4 is 14.4 Å². The Balaban J connectivity index is 1.50. The number of ether oxygens (including phenoxy) is 1. The maximum absolute atomic E-state index is 13.2. The minimum atomic E-state index is -4.12. The highest BCUT2D eigenvalue weighted by molar-refractivity contribution is 7.92. The lowest BCUT2D eigenvalue weighted by atomic mass is 9.82. The van der Waals surface area contributed by atoms with Crippen molar-refractivity contribution < 1.29 is 22.7 Å². The molecule has 0 spiro atoms. The third kappa shape index (κ3) is 3.04. The van der Waals surface area contributed by atoms with E-state index < -0.39 is 10.0 Å². The highest BCUT2D eigenvalue weighted by Gasteiger charge is 2.61. The second-order valence-electron chi connectivity index (χ2n) is 8.40. The maximum atomic E-state index is 13.2. The van der Waals surface area contributed by atoms with E-state index in [1.54, 1.807) is 24.3 Å². The van der Waals surface area contributed by atoms with Gasteiger partial charge in [0.2, 0.25) is 11.8 Å². The van der Waals surface area contributed by atoms with Crippen LogP contribution in [0, 0.1) is 23.7 Å². The third-order valence-corrected chi connectivity index (χ3v) is 8.54. The molecule has 2 fully saturated rings. The van der Waals surface area contributed by atoms with E-state index in [9.17, 15) is 18.0 Å². The number of nitrogens with zero attached hydrogens (tertiary/aromatic N) is 1. The van der Waals surface area contributed by atoms with Crippen LogP contribution in [0.3, 0.4) is 0 Å². The zero-order valence-corrected chi connectivity index (χ0v) is 19.0. The molecule has 9 heteroatoms. The quantitative estimate of drug-likeness (QED) is 0.527. The Kier molecular flexibility index (Phi) is 4.83. The number of hydrogen-bond donors (Lipinski definition) is 1. The van der Waals surface area contributed by atoms with Gasteiger partial charge in [-0.15, -0.1) is 0 Å². The van der Waals surface area contributed by atoms with Crippen LogP contribution in [0.25, 0.3) is 0 Å². The first-order valence-electron chi connectivity index (χ1n) is 10.2. The summed E-state index contributed by atoms with van der Waals surface area (Å²) in [6, 6.07) is 10.7. The fraction of sp³-hybridized carbons (Fsp3) is 0.304. The van der Waals surface area contributed by atoms with Crippen molar-refractivity contribution in [3.63, 3.8) is 0 Å². The van der Waals surface area contributed by atoms with Gasteiger partial charge < -0.3 is 4.74 Å². The zero-order chi connectivity index (χ0) is 22.8. The Morgan fingerprint density at radius 3 is 2.56 bits per heavy atom. The zero-order valence-electron chi connectivity index (χ0n) is 17.4. The van der Waals surface area contributed by atoms with Gasteiger partial charge >= 0.3 is 0 Å². The largest absolute Gasteiger partial charge is 0.495 e. The number of carbonyl (C=O) groups excluding carboxylic acids is 2. The monoisotopic (exact) mass is 472 g/mol. The van der Waals surface area contributed by atoms with E-state index in [0.717, 1.165) is 16.9 Å². The number of nitrogens with one attached hydrogen (secondary N) is 1. The molecule has 2 aromatic carbocycles. The summed E-state index contributed by atoms with van der Waals surface area (Å²) in [4.78, 5) is 27.3. The van der Waals surface area contributed by atoms with E-state index in [1.165, 1.54) is 25.3 Å². The van der Waals surface area contributed by atoms with E-state index in [0.29, 0.717) is 5.75 Å². The lowest BCUT2D eigenvalue weighted by Gasteiger charge is -2.20. The Labute approximate surface area is 191 Å². The first kappa shape index (κ1) is 21.0. The number of allylic oxidation sites excluding steroid dienone is 2. The highest BCUT2D eigenvalue weighted by atomic mass is 35.5. The molecule has 5 rings (SSSR count). The van der Waals surface area contributed by atoms with Gasteiger partial charge in [0.1, 0.15) is 10.6 Å². The summed E-state index contributed by atoms with van der Waals surface area (Å²) < 4.78 is 33.9. The molecule has 32 heavy (non-hydrogen) atoms. The lowest BCUT2D eigenvalue weighted by molar-refractivity contribution is -0.123. The average molecular weight is 473 g/mol. The fourth-order valence-electron chi connectivity index (χ4n) is 5.29. The molecule has 2 aliphatic carbocycles. The number of para-hydroxylation sites is 2. The molecular formula is C23H21ClN2O5S. The minimum absolute atomic E-state index is 0.0204. The maximum Gasteiger partial charge on any atom is 0.263 e. The second-order valence-corrected chi connectivity index (χ2v) is 10.5. The molecule has 2 amide bonds. The number of fused-ring (bicyclic) bond motifs is 5. The van der Waals surface area contributed by atoms with E-state index in [2.05, 4.69) is 10.8 Å². The summed E-state index contributed by atoms with van der Waals surface area (Å²) in [6.07, 6.45) is 2.92. The average Bonchev–Trinajstić information content (AvgIpc) is 3.39. The molecule has 166 valence electrons. The van der Waals surface area contributed by atoms with Crippen LogP contribution in [0.1, 0.15) is 13.3 Å². The molecule has 1 heterocycles. The number of methoxy groups -OCH3 is 1. The summed E-state index contributed by atoms with van der Waals surface area (Å²) in [5, 5.41) is -0.0204. The van der Waals surface area contributed by atoms with Gasteiger partial charge in [-0.1, -0.05) is 35.4 Å². The molecule has 3 aliphatic rings. The summed E-state index contributed by atoms with van der Waals surface area (Å²) in [5.74, 6) is -0.816. The van der Waals surface area contributed by atoms with Crippen LogP contribution in [0.15, 0.2) is 59.0 Å². The molecule has 2 bridgehead atoms. The van der Waals surface area contributed by atoms with Crippen molar-refractivity contribution >= 4 is 44.8 Å². The summed E-state index contributed by atoms with van der Waals surface area (Å²) in [6.45, 7) is 2.00. The van der Waals surface area contributed by atoms with Gasteiger partial charge in [0.25, 0.3) is 10.0 Å². The van der Waals surface area contributed by atoms with Crippen molar-refractivity contribution in [2.24, 2.45) is 23.7 Å². The lowest BCUT2D eigenvalue weighted by Crippen LogP contribution is -2.33. The molecule has 2 aromatic rings. The number of rotatable bonds is 5. The van der Waals surface area contributed by atoms with E-state index >= 15 is 0 Å². The van der Waals surface area contributed by atoms with Crippen molar-refractivity contribution in [3.8, 4) is 5.75 Å². The molecular weight excluding hydrogens is 452 g/mol. The molecule has 0 aromatic heterocycles. The van der Waals surface area contributed by atoms with Crippen LogP contribution >= 0.6 is 11.6 Å². The number of carbonyl (C=O) groups is 2. The van der Waals surface area contributed by atoms with Crippen molar-refractivity contribution in [2.75, 3.05) is 16.7 Å². The highest BCUT2D eigenvalue weighted by Crippen LogP contribution is 2.56. The van der Waals surface area contributed by atoms with Gasteiger partial charge in [0.05, 0.1) is 35.3 Å². The first-order valence-corrected chi connectivity index (χ1v) is 12.1. The van der Waals surface area contributed by atoms with Crippen LogP contribution in [0.5, 0.6) is 5.75 Å². The van der Waals surface area contributed by atoms with Crippen molar-refractivity contribution in [2.45, 2.75) is 18.2 Å². The van der Waals surface area contributed by atoms with E-state index in [1.807, 2.05) is 6.92 Å². The molecule has 4 atom stereocenters. The Morgan fingerprint density at radius 2 is 1.81 bits per heavy atom. The third-order valence-electron chi connectivity index (χ3n) is 6.69. The Bertz CT molecular complexity index is 1290.